The highest BCUT2D eigenvalue weighted by Crippen LogP contribution is 2.50. The van der Waals surface area contributed by atoms with Crippen molar-refractivity contribution < 1.29 is 14.3 Å². The third kappa shape index (κ3) is 3.01. The number of thioether (sulfide) groups is 1. The SMILES string of the molecule is COc1cc(OC)c2c(c1)N(C)C(=O)CC2Sc1ccccc1. The van der Waals surface area contributed by atoms with Gasteiger partial charge < -0.3 is 14.4 Å². The first-order valence-corrected chi connectivity index (χ1v) is 8.26. The summed E-state index contributed by atoms with van der Waals surface area (Å²) >= 11 is 1.69. The van der Waals surface area contributed by atoms with Crippen molar-refractivity contribution in [2.45, 2.75) is 16.6 Å². The van der Waals surface area contributed by atoms with Crippen LogP contribution in [0.3, 0.4) is 0 Å². The van der Waals surface area contributed by atoms with Gasteiger partial charge in [-0.05, 0) is 12.1 Å². The van der Waals surface area contributed by atoms with Crippen molar-refractivity contribution in [2.24, 2.45) is 0 Å². The first-order valence-electron chi connectivity index (χ1n) is 7.38. The van der Waals surface area contributed by atoms with E-state index in [1.807, 2.05) is 30.3 Å². The summed E-state index contributed by atoms with van der Waals surface area (Å²) in [6.45, 7) is 0. The number of methoxy groups -OCH3 is 2. The van der Waals surface area contributed by atoms with Gasteiger partial charge in [-0.1, -0.05) is 18.2 Å². The first kappa shape index (κ1) is 15.7. The van der Waals surface area contributed by atoms with Crippen LogP contribution in [-0.4, -0.2) is 27.2 Å². The summed E-state index contributed by atoms with van der Waals surface area (Å²) in [6.07, 6.45) is 0.450. The van der Waals surface area contributed by atoms with Crippen molar-refractivity contribution in [1.82, 2.24) is 0 Å². The number of amides is 1. The van der Waals surface area contributed by atoms with E-state index >= 15 is 0 Å². The van der Waals surface area contributed by atoms with Crippen LogP contribution >= 0.6 is 11.8 Å². The van der Waals surface area contributed by atoms with E-state index in [4.69, 9.17) is 9.47 Å². The van der Waals surface area contributed by atoms with Gasteiger partial charge in [-0.25, -0.2) is 0 Å². The maximum atomic E-state index is 12.4. The number of nitrogens with zero attached hydrogens (tertiary/aromatic N) is 1. The molecule has 4 nitrogen and oxygen atoms in total. The number of benzene rings is 2. The molecule has 120 valence electrons. The van der Waals surface area contributed by atoms with Crippen LogP contribution in [0.5, 0.6) is 11.5 Å². The molecular weight excluding hydrogens is 310 g/mol. The summed E-state index contributed by atoms with van der Waals surface area (Å²) in [6, 6.07) is 13.9. The molecule has 1 unspecified atom stereocenters. The number of rotatable bonds is 4. The third-order valence-corrected chi connectivity index (χ3v) is 5.22. The maximum absolute atomic E-state index is 12.4. The molecule has 0 fully saturated rings. The Bertz CT molecular complexity index is 718. The zero-order valence-corrected chi connectivity index (χ0v) is 14.2. The van der Waals surface area contributed by atoms with Gasteiger partial charge in [-0.3, -0.25) is 4.79 Å². The minimum Gasteiger partial charge on any atom is -0.497 e. The molecule has 5 heteroatoms. The molecule has 2 aromatic rings. The van der Waals surface area contributed by atoms with Crippen molar-refractivity contribution in [3.63, 3.8) is 0 Å². The van der Waals surface area contributed by atoms with E-state index in [9.17, 15) is 4.79 Å². The summed E-state index contributed by atoms with van der Waals surface area (Å²) in [7, 11) is 5.06. The lowest BCUT2D eigenvalue weighted by Crippen LogP contribution is -2.32. The molecule has 23 heavy (non-hydrogen) atoms. The summed E-state index contributed by atoms with van der Waals surface area (Å²) < 4.78 is 10.9. The van der Waals surface area contributed by atoms with E-state index in [0.29, 0.717) is 12.2 Å². The number of carbonyl (C=O) groups excluding carboxylic acids is 1. The molecule has 2 aromatic carbocycles. The molecule has 0 aliphatic carbocycles. The Morgan fingerprint density at radius 1 is 1.13 bits per heavy atom. The van der Waals surface area contributed by atoms with Gasteiger partial charge in [0.2, 0.25) is 5.91 Å². The summed E-state index contributed by atoms with van der Waals surface area (Å²) in [4.78, 5) is 15.2. The first-order chi connectivity index (χ1) is 11.1. The van der Waals surface area contributed by atoms with Gasteiger partial charge in [0.15, 0.2) is 0 Å². The van der Waals surface area contributed by atoms with E-state index in [2.05, 4.69) is 12.1 Å². The number of anilines is 1. The third-order valence-electron chi connectivity index (χ3n) is 3.99. The quantitative estimate of drug-likeness (QED) is 0.853. The van der Waals surface area contributed by atoms with E-state index in [-0.39, 0.29) is 11.2 Å². The smallest absolute Gasteiger partial charge is 0.228 e. The van der Waals surface area contributed by atoms with Crippen molar-refractivity contribution in [2.75, 3.05) is 26.2 Å². The Balaban J connectivity index is 2.07. The molecule has 0 spiro atoms. The molecule has 0 saturated carbocycles. The minimum atomic E-state index is 0.0250. The Hall–Kier alpha value is -2.14. The second kappa shape index (κ2) is 6.54. The number of hydrogen-bond donors (Lipinski definition) is 0. The lowest BCUT2D eigenvalue weighted by Gasteiger charge is -2.32. The Kier molecular flexibility index (Phi) is 4.48. The lowest BCUT2D eigenvalue weighted by atomic mass is 9.99. The van der Waals surface area contributed by atoms with Gasteiger partial charge >= 0.3 is 0 Å². The predicted octanol–water partition coefficient (Wildman–Crippen LogP) is 3.90. The highest BCUT2D eigenvalue weighted by atomic mass is 32.2. The standard InChI is InChI=1S/C18H19NO3S/c1-19-14-9-12(21-2)10-15(22-3)18(14)16(11-17(19)20)23-13-7-5-4-6-8-13/h4-10,16H,11H2,1-3H3. The van der Waals surface area contributed by atoms with Crippen LogP contribution in [0.1, 0.15) is 17.2 Å². The fraction of sp³-hybridized carbons (Fsp3) is 0.278. The Labute approximate surface area is 140 Å². The highest BCUT2D eigenvalue weighted by molar-refractivity contribution is 7.99. The average Bonchev–Trinajstić information content (AvgIpc) is 2.59. The Morgan fingerprint density at radius 3 is 2.52 bits per heavy atom. The zero-order chi connectivity index (χ0) is 16.4. The molecule has 0 bridgehead atoms. The molecule has 1 amide bonds. The van der Waals surface area contributed by atoms with E-state index in [0.717, 1.165) is 21.9 Å². The van der Waals surface area contributed by atoms with Crippen LogP contribution in [0.4, 0.5) is 5.69 Å². The largest absolute Gasteiger partial charge is 0.497 e. The maximum Gasteiger partial charge on any atom is 0.228 e. The highest BCUT2D eigenvalue weighted by Gasteiger charge is 2.33. The summed E-state index contributed by atoms with van der Waals surface area (Å²) in [5, 5.41) is 0.0250. The zero-order valence-electron chi connectivity index (χ0n) is 13.4. The summed E-state index contributed by atoms with van der Waals surface area (Å²) in [5.74, 6) is 1.54. The predicted molar refractivity (Wildman–Crippen MR) is 92.6 cm³/mol. The van der Waals surface area contributed by atoms with Gasteiger partial charge in [0.25, 0.3) is 0 Å². The fourth-order valence-corrected chi connectivity index (χ4v) is 3.99. The van der Waals surface area contributed by atoms with Crippen molar-refractivity contribution in [3.8, 4) is 11.5 Å². The monoisotopic (exact) mass is 329 g/mol. The van der Waals surface area contributed by atoms with Crippen LogP contribution in [0.2, 0.25) is 0 Å². The van der Waals surface area contributed by atoms with Gasteiger partial charge in [-0.2, -0.15) is 0 Å². The molecule has 0 aromatic heterocycles. The normalized spacial score (nSPS) is 16.9. The molecule has 0 radical (unpaired) electrons. The molecule has 0 N–H and O–H groups in total. The number of fused-ring (bicyclic) bond motifs is 1. The second-order valence-corrected chi connectivity index (χ2v) is 6.62. The fourth-order valence-electron chi connectivity index (χ4n) is 2.77. The van der Waals surface area contributed by atoms with Gasteiger partial charge in [0, 0.05) is 41.3 Å². The van der Waals surface area contributed by atoms with Crippen LogP contribution in [-0.2, 0) is 4.79 Å². The van der Waals surface area contributed by atoms with Gasteiger partial charge in [0.05, 0.1) is 19.9 Å². The number of carbonyl (C=O) groups is 1. The van der Waals surface area contributed by atoms with Gasteiger partial charge in [0.1, 0.15) is 11.5 Å². The summed E-state index contributed by atoms with van der Waals surface area (Å²) in [5.41, 5.74) is 1.90. The van der Waals surface area contributed by atoms with Crippen molar-refractivity contribution in [1.29, 1.82) is 0 Å². The van der Waals surface area contributed by atoms with E-state index in [1.165, 1.54) is 0 Å². The molecule has 1 aliphatic heterocycles. The molecule has 1 aliphatic rings. The Morgan fingerprint density at radius 2 is 1.87 bits per heavy atom. The van der Waals surface area contributed by atoms with Crippen LogP contribution < -0.4 is 14.4 Å². The van der Waals surface area contributed by atoms with Crippen molar-refractivity contribution in [3.05, 3.63) is 48.0 Å². The molecule has 1 heterocycles. The molecule has 1 atom stereocenters. The second-order valence-electron chi connectivity index (χ2n) is 5.34. The van der Waals surface area contributed by atoms with E-state index in [1.54, 1.807) is 37.9 Å². The van der Waals surface area contributed by atoms with Crippen LogP contribution in [0.15, 0.2) is 47.4 Å². The average molecular weight is 329 g/mol. The van der Waals surface area contributed by atoms with Crippen LogP contribution in [0.25, 0.3) is 0 Å². The van der Waals surface area contributed by atoms with Crippen LogP contribution in [0, 0.1) is 0 Å². The lowest BCUT2D eigenvalue weighted by molar-refractivity contribution is -0.118. The number of ether oxygens (including phenoxy) is 2. The molecular formula is C18H19NO3S. The van der Waals surface area contributed by atoms with Gasteiger partial charge in [-0.15, -0.1) is 11.8 Å². The van der Waals surface area contributed by atoms with E-state index < -0.39 is 0 Å². The number of hydrogen-bond acceptors (Lipinski definition) is 4. The topological polar surface area (TPSA) is 38.8 Å². The minimum absolute atomic E-state index is 0.0250. The molecule has 0 saturated heterocycles. The molecule has 3 rings (SSSR count). The van der Waals surface area contributed by atoms with Crippen molar-refractivity contribution >= 4 is 23.4 Å².